The van der Waals surface area contributed by atoms with Gasteiger partial charge in [-0.15, -0.1) is 0 Å². The predicted octanol–water partition coefficient (Wildman–Crippen LogP) is 2.39. The fraction of sp³-hybridized carbons (Fsp3) is 0.765. The van der Waals surface area contributed by atoms with Crippen molar-refractivity contribution in [3.05, 3.63) is 0 Å². The van der Waals surface area contributed by atoms with Crippen molar-refractivity contribution < 1.29 is 24.2 Å². The van der Waals surface area contributed by atoms with Crippen molar-refractivity contribution in [2.24, 2.45) is 10.5 Å². The molecule has 0 aromatic carbocycles. The molecule has 1 fully saturated rings. The molecule has 0 saturated heterocycles. The van der Waals surface area contributed by atoms with Gasteiger partial charge in [0.15, 0.2) is 5.41 Å². The molecule has 1 atom stereocenters. The van der Waals surface area contributed by atoms with Crippen LogP contribution < -0.4 is 5.43 Å². The van der Waals surface area contributed by atoms with Gasteiger partial charge in [-0.05, 0) is 32.6 Å². The molecule has 0 aromatic heterocycles. The molecule has 0 spiro atoms. The average Bonchev–Trinajstić information content (AvgIpc) is 3.13. The number of esters is 1. The van der Waals surface area contributed by atoms with Crippen LogP contribution in [0.25, 0.3) is 0 Å². The van der Waals surface area contributed by atoms with Crippen molar-refractivity contribution in [3.63, 3.8) is 0 Å². The Morgan fingerprint density at radius 1 is 1.25 bits per heavy atom. The number of ether oxygens (including phenoxy) is 1. The first-order valence-corrected chi connectivity index (χ1v) is 8.71. The molecule has 1 amide bonds. The summed E-state index contributed by atoms with van der Waals surface area (Å²) in [5.41, 5.74) is -0.203. The number of carboxylic acid groups (broad SMARTS) is 1. The maximum Gasteiger partial charge on any atom is 0.324 e. The minimum absolute atomic E-state index is 0.252. The Bertz CT molecular complexity index is 551. The zero-order chi connectivity index (χ0) is 17.8. The SMILES string of the molecule is CCCCCCC1=NNC(=O)C1(C)OC(=O)C1(C(=O)O)CCCC1. The summed E-state index contributed by atoms with van der Waals surface area (Å²) in [5, 5.41) is 13.5. The molecule has 0 bridgehead atoms. The van der Waals surface area contributed by atoms with E-state index in [-0.39, 0.29) is 12.8 Å². The van der Waals surface area contributed by atoms with E-state index < -0.39 is 28.9 Å². The number of nitrogens with zero attached hydrogens (tertiary/aromatic N) is 1. The highest BCUT2D eigenvalue weighted by atomic mass is 16.6. The predicted molar refractivity (Wildman–Crippen MR) is 87.4 cm³/mol. The molecule has 1 saturated carbocycles. The average molecular weight is 338 g/mol. The van der Waals surface area contributed by atoms with Crippen molar-refractivity contribution in [1.82, 2.24) is 5.43 Å². The Balaban J connectivity index is 2.09. The number of carbonyl (C=O) groups is 3. The van der Waals surface area contributed by atoms with Gasteiger partial charge in [0.2, 0.25) is 5.60 Å². The van der Waals surface area contributed by atoms with E-state index in [4.69, 9.17) is 4.74 Å². The Morgan fingerprint density at radius 3 is 2.50 bits per heavy atom. The molecule has 0 radical (unpaired) electrons. The summed E-state index contributed by atoms with van der Waals surface area (Å²) in [6.45, 7) is 3.60. The van der Waals surface area contributed by atoms with Crippen LogP contribution in [0.15, 0.2) is 5.10 Å². The summed E-state index contributed by atoms with van der Waals surface area (Å²) in [5.74, 6) is -2.51. The van der Waals surface area contributed by atoms with Crippen molar-refractivity contribution in [1.29, 1.82) is 0 Å². The largest absolute Gasteiger partial charge is 0.480 e. The maximum absolute atomic E-state index is 12.6. The Labute approximate surface area is 141 Å². The summed E-state index contributed by atoms with van der Waals surface area (Å²) >= 11 is 0. The van der Waals surface area contributed by atoms with Crippen LogP contribution in [0.4, 0.5) is 0 Å². The van der Waals surface area contributed by atoms with Crippen LogP contribution in [0.1, 0.15) is 71.6 Å². The van der Waals surface area contributed by atoms with E-state index in [1.807, 2.05) is 0 Å². The second-order valence-corrected chi connectivity index (χ2v) is 6.83. The minimum Gasteiger partial charge on any atom is -0.480 e. The lowest BCUT2D eigenvalue weighted by atomic mass is 9.85. The van der Waals surface area contributed by atoms with Gasteiger partial charge < -0.3 is 9.84 Å². The third-order valence-electron chi connectivity index (χ3n) is 5.10. The Hall–Kier alpha value is -1.92. The lowest BCUT2D eigenvalue weighted by Crippen LogP contribution is -2.51. The molecule has 1 heterocycles. The molecule has 2 aliphatic rings. The molecule has 7 nitrogen and oxygen atoms in total. The van der Waals surface area contributed by atoms with E-state index in [9.17, 15) is 19.5 Å². The molecule has 0 aromatic rings. The first kappa shape index (κ1) is 18.4. The number of nitrogens with one attached hydrogen (secondary N) is 1. The van der Waals surface area contributed by atoms with Crippen LogP contribution in [0.5, 0.6) is 0 Å². The van der Waals surface area contributed by atoms with Gasteiger partial charge in [0.25, 0.3) is 5.91 Å². The van der Waals surface area contributed by atoms with Crippen LogP contribution in [-0.4, -0.2) is 34.3 Å². The fourth-order valence-corrected chi connectivity index (χ4v) is 3.35. The molecule has 2 N–H and O–H groups in total. The molecule has 2 rings (SSSR count). The quantitative estimate of drug-likeness (QED) is 0.402. The van der Waals surface area contributed by atoms with E-state index >= 15 is 0 Å². The number of hydrazone groups is 1. The second-order valence-electron chi connectivity index (χ2n) is 6.83. The fourth-order valence-electron chi connectivity index (χ4n) is 3.35. The summed E-state index contributed by atoms with van der Waals surface area (Å²) < 4.78 is 5.47. The van der Waals surface area contributed by atoms with E-state index in [0.717, 1.165) is 25.7 Å². The highest BCUT2D eigenvalue weighted by Gasteiger charge is 2.55. The van der Waals surface area contributed by atoms with Crippen LogP contribution in [0.2, 0.25) is 0 Å². The monoisotopic (exact) mass is 338 g/mol. The standard InChI is InChI=1S/C17H26N2O5/c1-3-4-5-6-9-12-16(2,13(20)19-18-12)24-15(23)17(14(21)22)10-7-8-11-17/h3-11H2,1-2H3,(H,19,20)(H,21,22). The normalized spacial score (nSPS) is 25.2. The highest BCUT2D eigenvalue weighted by Crippen LogP contribution is 2.41. The van der Waals surface area contributed by atoms with E-state index in [2.05, 4.69) is 17.5 Å². The number of hydrogen-bond donors (Lipinski definition) is 2. The van der Waals surface area contributed by atoms with Crippen LogP contribution in [0, 0.1) is 5.41 Å². The first-order valence-electron chi connectivity index (χ1n) is 8.71. The number of aliphatic carboxylic acids is 1. The molecule has 134 valence electrons. The molecular weight excluding hydrogens is 312 g/mol. The number of hydrogen-bond acceptors (Lipinski definition) is 5. The summed E-state index contributed by atoms with van der Waals surface area (Å²) in [7, 11) is 0. The number of carbonyl (C=O) groups excluding carboxylic acids is 2. The Morgan fingerprint density at radius 2 is 1.92 bits per heavy atom. The third kappa shape index (κ3) is 3.30. The lowest BCUT2D eigenvalue weighted by Gasteiger charge is -2.29. The third-order valence-corrected chi connectivity index (χ3v) is 5.10. The van der Waals surface area contributed by atoms with Gasteiger partial charge in [-0.25, -0.2) is 5.43 Å². The van der Waals surface area contributed by atoms with Crippen LogP contribution in [0.3, 0.4) is 0 Å². The van der Waals surface area contributed by atoms with E-state index in [1.165, 1.54) is 6.92 Å². The van der Waals surface area contributed by atoms with Gasteiger partial charge in [0, 0.05) is 0 Å². The van der Waals surface area contributed by atoms with Crippen LogP contribution >= 0.6 is 0 Å². The lowest BCUT2D eigenvalue weighted by molar-refractivity contribution is -0.177. The van der Waals surface area contributed by atoms with Crippen molar-refractivity contribution >= 4 is 23.6 Å². The maximum atomic E-state index is 12.6. The number of amides is 1. The Kier molecular flexibility index (Phi) is 5.62. The van der Waals surface area contributed by atoms with Gasteiger partial charge in [-0.2, -0.15) is 5.10 Å². The molecule has 7 heteroatoms. The number of rotatable bonds is 8. The summed E-state index contributed by atoms with van der Waals surface area (Å²) in [6, 6.07) is 0. The summed E-state index contributed by atoms with van der Waals surface area (Å²) in [6.07, 6.45) is 6.42. The van der Waals surface area contributed by atoms with Gasteiger partial charge in [0.05, 0.1) is 5.71 Å². The van der Waals surface area contributed by atoms with Gasteiger partial charge in [-0.1, -0.05) is 39.0 Å². The van der Waals surface area contributed by atoms with Gasteiger partial charge in [-0.3, -0.25) is 14.4 Å². The molecule has 1 unspecified atom stereocenters. The smallest absolute Gasteiger partial charge is 0.324 e. The summed E-state index contributed by atoms with van der Waals surface area (Å²) in [4.78, 5) is 36.4. The topological polar surface area (TPSA) is 105 Å². The molecule has 24 heavy (non-hydrogen) atoms. The highest BCUT2D eigenvalue weighted by molar-refractivity contribution is 6.16. The second kappa shape index (κ2) is 7.32. The van der Waals surface area contributed by atoms with E-state index in [1.54, 1.807) is 0 Å². The first-order chi connectivity index (χ1) is 11.4. The van der Waals surface area contributed by atoms with Crippen molar-refractivity contribution in [2.45, 2.75) is 77.2 Å². The van der Waals surface area contributed by atoms with E-state index in [0.29, 0.717) is 25.0 Å². The molecular formula is C17H26N2O5. The zero-order valence-corrected chi connectivity index (χ0v) is 14.4. The minimum atomic E-state index is -1.53. The number of unbranched alkanes of at least 4 members (excludes halogenated alkanes) is 3. The van der Waals surface area contributed by atoms with Gasteiger partial charge >= 0.3 is 11.9 Å². The van der Waals surface area contributed by atoms with Crippen molar-refractivity contribution in [2.75, 3.05) is 0 Å². The van der Waals surface area contributed by atoms with Gasteiger partial charge in [0.1, 0.15) is 0 Å². The zero-order valence-electron chi connectivity index (χ0n) is 14.4. The van der Waals surface area contributed by atoms with Crippen molar-refractivity contribution in [3.8, 4) is 0 Å². The van der Waals surface area contributed by atoms with Crippen LogP contribution in [-0.2, 0) is 19.1 Å². The molecule has 1 aliphatic heterocycles. The number of carboxylic acids is 1. The molecule has 1 aliphatic carbocycles.